The molecule has 92 valence electrons. The fourth-order valence-corrected chi connectivity index (χ4v) is 1.56. The molecule has 1 aromatic rings. The Balaban J connectivity index is 2.11. The average Bonchev–Trinajstić information content (AvgIpc) is 2.59. The number of nitrogens with zero attached hydrogens (tertiary/aromatic N) is 2. The summed E-state index contributed by atoms with van der Waals surface area (Å²) in [6.45, 7) is 7.85. The Labute approximate surface area is 102 Å². The second-order valence-electron chi connectivity index (χ2n) is 4.46. The molecule has 1 aromatic heterocycles. The van der Waals surface area contributed by atoms with Crippen molar-refractivity contribution in [1.82, 2.24) is 9.97 Å². The van der Waals surface area contributed by atoms with Crippen molar-refractivity contribution >= 4 is 12.7 Å². The third-order valence-electron chi connectivity index (χ3n) is 2.57. The maximum Gasteiger partial charge on any atom is 0.515 e. The third kappa shape index (κ3) is 2.95. The molecule has 0 N–H and O–H groups in total. The fourth-order valence-electron chi connectivity index (χ4n) is 1.56. The van der Waals surface area contributed by atoms with Crippen LogP contribution in [0, 0.1) is 0 Å². The largest absolute Gasteiger partial charge is 0.515 e. The Morgan fingerprint density at radius 2 is 1.88 bits per heavy atom. The van der Waals surface area contributed by atoms with Crippen molar-refractivity contribution in [2.24, 2.45) is 0 Å². The van der Waals surface area contributed by atoms with Crippen molar-refractivity contribution in [3.05, 3.63) is 12.4 Å². The summed E-state index contributed by atoms with van der Waals surface area (Å²) in [5.74, 6) is 0.497. The zero-order chi connectivity index (χ0) is 12.4. The highest BCUT2D eigenvalue weighted by atomic mass is 16.7. The monoisotopic (exact) mass is 236 g/mol. The maximum absolute atomic E-state index is 5.64. The second kappa shape index (κ2) is 5.02. The molecule has 2 heterocycles. The van der Waals surface area contributed by atoms with Gasteiger partial charge in [-0.2, -0.15) is 0 Å². The van der Waals surface area contributed by atoms with Gasteiger partial charge in [-0.25, -0.2) is 4.98 Å². The summed E-state index contributed by atoms with van der Waals surface area (Å²) in [6.07, 6.45) is 3.43. The second-order valence-corrected chi connectivity index (χ2v) is 4.46. The highest BCUT2D eigenvalue weighted by molar-refractivity contribution is 6.60. The topological polar surface area (TPSA) is 53.5 Å². The predicted molar refractivity (Wildman–Crippen MR) is 64.3 cm³/mol. The van der Waals surface area contributed by atoms with E-state index in [-0.39, 0.29) is 18.3 Å². The minimum Gasteiger partial charge on any atom is -0.474 e. The summed E-state index contributed by atoms with van der Waals surface area (Å²) in [6, 6.07) is 0. The van der Waals surface area contributed by atoms with E-state index >= 15 is 0 Å². The van der Waals surface area contributed by atoms with Crippen LogP contribution in [0.3, 0.4) is 0 Å². The van der Waals surface area contributed by atoms with E-state index < -0.39 is 7.12 Å². The molecule has 2 atom stereocenters. The lowest BCUT2D eigenvalue weighted by Gasteiger charge is -2.10. The van der Waals surface area contributed by atoms with Crippen molar-refractivity contribution in [2.45, 2.75) is 46.0 Å². The van der Waals surface area contributed by atoms with Gasteiger partial charge in [-0.3, -0.25) is 4.98 Å². The van der Waals surface area contributed by atoms with Crippen LogP contribution in [-0.2, 0) is 9.31 Å². The van der Waals surface area contributed by atoms with E-state index in [0.29, 0.717) is 11.5 Å². The summed E-state index contributed by atoms with van der Waals surface area (Å²) in [5.41, 5.74) is 0.652. The van der Waals surface area contributed by atoms with Crippen LogP contribution in [0.1, 0.15) is 27.7 Å². The molecule has 1 unspecified atom stereocenters. The lowest BCUT2D eigenvalue weighted by molar-refractivity contribution is 0.187. The van der Waals surface area contributed by atoms with Crippen LogP contribution >= 0.6 is 0 Å². The van der Waals surface area contributed by atoms with E-state index in [2.05, 4.69) is 9.97 Å². The first-order valence-electron chi connectivity index (χ1n) is 5.86. The third-order valence-corrected chi connectivity index (χ3v) is 2.57. The first-order chi connectivity index (χ1) is 8.06. The van der Waals surface area contributed by atoms with E-state index in [9.17, 15) is 0 Å². The molecule has 1 saturated heterocycles. The van der Waals surface area contributed by atoms with E-state index in [1.54, 1.807) is 12.4 Å². The maximum atomic E-state index is 5.64. The van der Waals surface area contributed by atoms with Crippen molar-refractivity contribution in [3.63, 3.8) is 0 Å². The highest BCUT2D eigenvalue weighted by Gasteiger charge is 2.37. The van der Waals surface area contributed by atoms with Gasteiger partial charge in [-0.15, -0.1) is 0 Å². The quantitative estimate of drug-likeness (QED) is 0.726. The lowest BCUT2D eigenvalue weighted by atomic mass is 9.86. The van der Waals surface area contributed by atoms with Crippen LogP contribution in [-0.4, -0.2) is 35.4 Å². The number of hydrogen-bond donors (Lipinski definition) is 0. The molecule has 2 rings (SSSR count). The van der Waals surface area contributed by atoms with Gasteiger partial charge >= 0.3 is 7.12 Å². The summed E-state index contributed by atoms with van der Waals surface area (Å²) in [5, 5.41) is 0. The minimum atomic E-state index is -0.441. The molecule has 0 bridgehead atoms. The van der Waals surface area contributed by atoms with E-state index in [4.69, 9.17) is 14.0 Å². The summed E-state index contributed by atoms with van der Waals surface area (Å²) >= 11 is 0. The lowest BCUT2D eigenvalue weighted by Crippen LogP contribution is -2.35. The van der Waals surface area contributed by atoms with Gasteiger partial charge in [0.1, 0.15) is 0 Å². The summed E-state index contributed by atoms with van der Waals surface area (Å²) in [4.78, 5) is 8.41. The van der Waals surface area contributed by atoms with Gasteiger partial charge in [0.25, 0.3) is 0 Å². The molecule has 1 aliphatic heterocycles. The van der Waals surface area contributed by atoms with Crippen LogP contribution in [0.5, 0.6) is 5.88 Å². The first kappa shape index (κ1) is 12.3. The van der Waals surface area contributed by atoms with Crippen LogP contribution < -0.4 is 10.3 Å². The van der Waals surface area contributed by atoms with Crippen LogP contribution in [0.2, 0.25) is 0 Å². The molecule has 0 saturated carbocycles. The zero-order valence-corrected chi connectivity index (χ0v) is 10.6. The van der Waals surface area contributed by atoms with E-state index in [0.717, 1.165) is 0 Å². The standard InChI is InChI=1S/C11H17BN2O3/c1-7(2)15-11-6-13-5-10(14-11)12-16-8(3)9(4)17-12/h5-9H,1-4H3/t8-,9?/m0/s1. The molecule has 0 aromatic carbocycles. The summed E-state index contributed by atoms with van der Waals surface area (Å²) in [7, 11) is -0.441. The molecular weight excluding hydrogens is 219 g/mol. The fraction of sp³-hybridized carbons (Fsp3) is 0.636. The molecule has 6 heteroatoms. The van der Waals surface area contributed by atoms with Crippen molar-refractivity contribution in [2.75, 3.05) is 0 Å². The Kier molecular flexibility index (Phi) is 3.64. The number of hydrogen-bond acceptors (Lipinski definition) is 5. The van der Waals surface area contributed by atoms with Crippen LogP contribution in [0.15, 0.2) is 12.4 Å². The van der Waals surface area contributed by atoms with Crippen molar-refractivity contribution < 1.29 is 14.0 Å². The Hall–Kier alpha value is -1.14. The Bertz CT molecular complexity index is 379. The Morgan fingerprint density at radius 3 is 2.47 bits per heavy atom. The van der Waals surface area contributed by atoms with Gasteiger partial charge in [-0.1, -0.05) is 0 Å². The molecule has 17 heavy (non-hydrogen) atoms. The number of aromatic nitrogens is 2. The van der Waals surface area contributed by atoms with Crippen LogP contribution in [0.25, 0.3) is 0 Å². The predicted octanol–water partition coefficient (Wildman–Crippen LogP) is 0.783. The smallest absolute Gasteiger partial charge is 0.474 e. The number of rotatable bonds is 3. The van der Waals surface area contributed by atoms with Crippen molar-refractivity contribution in [1.29, 1.82) is 0 Å². The number of ether oxygens (including phenoxy) is 1. The minimum absolute atomic E-state index is 0.0662. The molecular formula is C11H17BN2O3. The van der Waals surface area contributed by atoms with E-state index in [1.165, 1.54) is 0 Å². The van der Waals surface area contributed by atoms with Gasteiger partial charge < -0.3 is 14.0 Å². The van der Waals surface area contributed by atoms with Gasteiger partial charge in [0.2, 0.25) is 5.88 Å². The van der Waals surface area contributed by atoms with Crippen LogP contribution in [0.4, 0.5) is 0 Å². The normalized spacial score (nSPS) is 24.4. The molecule has 0 radical (unpaired) electrons. The molecule has 0 aliphatic carbocycles. The summed E-state index contributed by atoms with van der Waals surface area (Å²) < 4.78 is 16.8. The average molecular weight is 236 g/mol. The van der Waals surface area contributed by atoms with Gasteiger partial charge in [0.15, 0.2) is 0 Å². The molecule has 5 nitrogen and oxygen atoms in total. The zero-order valence-electron chi connectivity index (χ0n) is 10.6. The molecule has 0 spiro atoms. The molecule has 1 aliphatic rings. The molecule has 1 fully saturated rings. The van der Waals surface area contributed by atoms with Gasteiger partial charge in [0.05, 0.1) is 30.1 Å². The van der Waals surface area contributed by atoms with Crippen molar-refractivity contribution in [3.8, 4) is 5.88 Å². The van der Waals surface area contributed by atoms with Gasteiger partial charge in [0, 0.05) is 6.20 Å². The molecule has 0 amide bonds. The highest BCUT2D eigenvalue weighted by Crippen LogP contribution is 2.15. The Morgan fingerprint density at radius 1 is 1.24 bits per heavy atom. The van der Waals surface area contributed by atoms with Gasteiger partial charge in [-0.05, 0) is 27.7 Å². The SMILES string of the molecule is CC(C)Oc1cncc(B2OC(C)[C@H](C)O2)n1. The first-order valence-corrected chi connectivity index (χ1v) is 5.86. The van der Waals surface area contributed by atoms with E-state index in [1.807, 2.05) is 27.7 Å².